The van der Waals surface area contributed by atoms with E-state index in [0.717, 1.165) is 33.6 Å². The number of para-hydroxylation sites is 1. The highest BCUT2D eigenvalue weighted by molar-refractivity contribution is 8.18. The van der Waals surface area contributed by atoms with Crippen molar-refractivity contribution in [2.45, 2.75) is 13.8 Å². The second kappa shape index (κ2) is 9.06. The van der Waals surface area contributed by atoms with E-state index in [9.17, 15) is 14.4 Å². The number of carbonyl (C=O) groups excluding carboxylic acids is 3. The van der Waals surface area contributed by atoms with E-state index in [2.05, 4.69) is 11.4 Å². The van der Waals surface area contributed by atoms with Gasteiger partial charge in [-0.2, -0.15) is 0 Å². The number of aryl methyl sites for hydroxylation is 2. The third kappa shape index (κ3) is 4.49. The largest absolute Gasteiger partial charge is 0.323 e. The van der Waals surface area contributed by atoms with Crippen LogP contribution in [0.15, 0.2) is 65.7 Å². The lowest BCUT2D eigenvalue weighted by Gasteiger charge is -2.13. The maximum atomic E-state index is 12.8. The lowest BCUT2D eigenvalue weighted by molar-refractivity contribution is -0.127. The van der Waals surface area contributed by atoms with Crippen molar-refractivity contribution < 1.29 is 14.4 Å². The Kier molecular flexibility index (Phi) is 6.21. The number of rotatable bonds is 5. The van der Waals surface area contributed by atoms with E-state index >= 15 is 0 Å². The van der Waals surface area contributed by atoms with Crippen molar-refractivity contribution in [1.29, 1.82) is 0 Å². The summed E-state index contributed by atoms with van der Waals surface area (Å²) in [5.74, 6) is -0.998. The third-order valence-corrected chi connectivity index (χ3v) is 6.39. The first-order valence-electron chi connectivity index (χ1n) is 9.88. The summed E-state index contributed by atoms with van der Waals surface area (Å²) < 4.78 is 1.95. The first-order chi connectivity index (χ1) is 15.3. The highest BCUT2D eigenvalue weighted by Gasteiger charge is 2.36. The summed E-state index contributed by atoms with van der Waals surface area (Å²) in [5.41, 5.74) is 4.50. The lowest BCUT2D eigenvalue weighted by atomic mass is 10.1. The number of hydrogen-bond donors (Lipinski definition) is 1. The molecule has 1 N–H and O–H groups in total. The number of hydrogen-bond acceptors (Lipinski definition) is 4. The van der Waals surface area contributed by atoms with Crippen molar-refractivity contribution >= 4 is 52.2 Å². The van der Waals surface area contributed by atoms with Crippen LogP contribution in [0.25, 0.3) is 11.8 Å². The van der Waals surface area contributed by atoms with E-state index in [1.807, 2.05) is 48.9 Å². The van der Waals surface area contributed by atoms with Crippen LogP contribution in [-0.4, -0.2) is 33.1 Å². The van der Waals surface area contributed by atoms with Crippen LogP contribution in [0.3, 0.4) is 0 Å². The average molecular weight is 466 g/mol. The van der Waals surface area contributed by atoms with E-state index in [1.54, 1.807) is 30.3 Å². The maximum Gasteiger partial charge on any atom is 0.294 e. The monoisotopic (exact) mass is 465 g/mol. The van der Waals surface area contributed by atoms with E-state index in [0.29, 0.717) is 10.7 Å². The molecule has 1 fully saturated rings. The van der Waals surface area contributed by atoms with Crippen LogP contribution in [0.4, 0.5) is 10.5 Å². The van der Waals surface area contributed by atoms with Gasteiger partial charge in [0.15, 0.2) is 0 Å². The van der Waals surface area contributed by atoms with Gasteiger partial charge in [-0.3, -0.25) is 19.3 Å². The van der Waals surface area contributed by atoms with Crippen molar-refractivity contribution in [2.24, 2.45) is 0 Å². The summed E-state index contributed by atoms with van der Waals surface area (Å²) >= 11 is 6.87. The third-order valence-electron chi connectivity index (χ3n) is 5.15. The van der Waals surface area contributed by atoms with Crippen molar-refractivity contribution in [3.8, 4) is 5.69 Å². The Morgan fingerprint density at radius 2 is 1.84 bits per heavy atom. The molecule has 0 unspecified atom stereocenters. The van der Waals surface area contributed by atoms with Crippen LogP contribution >= 0.6 is 23.4 Å². The van der Waals surface area contributed by atoms with Gasteiger partial charge in [-0.25, -0.2) is 0 Å². The second-order valence-corrected chi connectivity index (χ2v) is 8.77. The molecule has 2 heterocycles. The number of nitrogens with one attached hydrogen (secondary N) is 1. The molecule has 1 saturated heterocycles. The minimum Gasteiger partial charge on any atom is -0.323 e. The molecule has 2 aromatic carbocycles. The molecule has 0 spiro atoms. The minimum atomic E-state index is -0.500. The molecule has 0 saturated carbocycles. The Morgan fingerprint density at radius 3 is 2.59 bits per heavy atom. The summed E-state index contributed by atoms with van der Waals surface area (Å²) in [7, 11) is 0. The standard InChI is InChI=1S/C24H20ClN3O3S/c1-15-9-10-18(12-16(15)2)27-11-5-6-17(27)13-21-23(30)28(24(31)32-21)14-22(29)26-20-8-4-3-7-19(20)25/h3-13H,14H2,1-2H3,(H,26,29)/b21-13+. The van der Waals surface area contributed by atoms with E-state index in [-0.39, 0.29) is 11.4 Å². The van der Waals surface area contributed by atoms with Gasteiger partial charge in [0.2, 0.25) is 5.91 Å². The van der Waals surface area contributed by atoms with Gasteiger partial charge in [-0.1, -0.05) is 29.8 Å². The van der Waals surface area contributed by atoms with Crippen LogP contribution in [0.2, 0.25) is 5.02 Å². The van der Waals surface area contributed by atoms with Crippen LogP contribution < -0.4 is 5.32 Å². The van der Waals surface area contributed by atoms with Gasteiger partial charge in [0.05, 0.1) is 15.6 Å². The van der Waals surface area contributed by atoms with Gasteiger partial charge < -0.3 is 9.88 Å². The van der Waals surface area contributed by atoms with Crippen molar-refractivity contribution in [1.82, 2.24) is 9.47 Å². The molecular weight excluding hydrogens is 446 g/mol. The molecule has 0 radical (unpaired) electrons. The van der Waals surface area contributed by atoms with Gasteiger partial charge in [0.25, 0.3) is 11.1 Å². The fourth-order valence-electron chi connectivity index (χ4n) is 3.29. The van der Waals surface area contributed by atoms with E-state index < -0.39 is 17.1 Å². The molecule has 3 amide bonds. The summed E-state index contributed by atoms with van der Waals surface area (Å²) in [6.45, 7) is 3.71. The number of benzene rings is 2. The summed E-state index contributed by atoms with van der Waals surface area (Å²) in [6, 6.07) is 16.6. The number of anilines is 1. The van der Waals surface area contributed by atoms with Gasteiger partial charge in [0.1, 0.15) is 6.54 Å². The summed E-state index contributed by atoms with van der Waals surface area (Å²) in [4.78, 5) is 38.9. The number of amides is 3. The van der Waals surface area contributed by atoms with Crippen molar-refractivity contribution in [3.05, 3.63) is 87.5 Å². The van der Waals surface area contributed by atoms with Crippen molar-refractivity contribution in [2.75, 3.05) is 11.9 Å². The number of imide groups is 1. The number of halogens is 1. The van der Waals surface area contributed by atoms with E-state index in [1.165, 1.54) is 5.56 Å². The fraction of sp³-hybridized carbons (Fsp3) is 0.125. The number of thioether (sulfide) groups is 1. The summed E-state index contributed by atoms with van der Waals surface area (Å²) in [6.07, 6.45) is 3.57. The number of carbonyl (C=O) groups is 3. The predicted molar refractivity (Wildman–Crippen MR) is 128 cm³/mol. The minimum absolute atomic E-state index is 0.268. The molecular formula is C24H20ClN3O3S. The van der Waals surface area contributed by atoms with Crippen LogP contribution in [0.1, 0.15) is 16.8 Å². The zero-order valence-electron chi connectivity index (χ0n) is 17.5. The first kappa shape index (κ1) is 21.9. The molecule has 1 aliphatic rings. The molecule has 1 aromatic heterocycles. The Morgan fingerprint density at radius 1 is 1.06 bits per heavy atom. The topological polar surface area (TPSA) is 71.4 Å². The number of aromatic nitrogens is 1. The normalized spacial score (nSPS) is 15.0. The van der Waals surface area contributed by atoms with Gasteiger partial charge in [-0.05, 0) is 79.2 Å². The summed E-state index contributed by atoms with van der Waals surface area (Å²) in [5, 5.41) is 2.52. The zero-order valence-corrected chi connectivity index (χ0v) is 19.0. The van der Waals surface area contributed by atoms with E-state index in [4.69, 9.17) is 11.6 Å². The molecule has 0 bridgehead atoms. The predicted octanol–water partition coefficient (Wildman–Crippen LogP) is 5.42. The van der Waals surface area contributed by atoms with Crippen LogP contribution in [0, 0.1) is 13.8 Å². The Hall–Kier alpha value is -3.29. The Labute approximate surface area is 194 Å². The van der Waals surface area contributed by atoms with Crippen LogP contribution in [0.5, 0.6) is 0 Å². The maximum absolute atomic E-state index is 12.8. The van der Waals surface area contributed by atoms with Crippen LogP contribution in [-0.2, 0) is 9.59 Å². The molecule has 3 aromatic rings. The molecule has 32 heavy (non-hydrogen) atoms. The molecule has 0 atom stereocenters. The molecule has 4 rings (SSSR count). The molecule has 8 heteroatoms. The fourth-order valence-corrected chi connectivity index (χ4v) is 4.29. The molecule has 162 valence electrons. The average Bonchev–Trinajstić information content (AvgIpc) is 3.32. The van der Waals surface area contributed by atoms with Gasteiger partial charge >= 0.3 is 0 Å². The quantitative estimate of drug-likeness (QED) is 0.510. The second-order valence-electron chi connectivity index (χ2n) is 7.37. The Balaban J connectivity index is 1.52. The highest BCUT2D eigenvalue weighted by Crippen LogP contribution is 2.33. The SMILES string of the molecule is Cc1ccc(-n2cccc2/C=C2/SC(=O)N(CC(=O)Nc3ccccc3Cl)C2=O)cc1C. The molecule has 1 aliphatic heterocycles. The molecule has 6 nitrogen and oxygen atoms in total. The first-order valence-corrected chi connectivity index (χ1v) is 11.1. The van der Waals surface area contributed by atoms with Gasteiger partial charge in [0, 0.05) is 17.6 Å². The highest BCUT2D eigenvalue weighted by atomic mass is 35.5. The van der Waals surface area contributed by atoms with Crippen molar-refractivity contribution in [3.63, 3.8) is 0 Å². The van der Waals surface area contributed by atoms with Gasteiger partial charge in [-0.15, -0.1) is 0 Å². The molecule has 0 aliphatic carbocycles. The lowest BCUT2D eigenvalue weighted by Crippen LogP contribution is -2.36. The smallest absolute Gasteiger partial charge is 0.294 e. The zero-order chi connectivity index (χ0) is 22.8. The Bertz CT molecular complexity index is 1260. The number of nitrogens with zero attached hydrogens (tertiary/aromatic N) is 2.